The third-order valence-corrected chi connectivity index (χ3v) is 4.90. The van der Waals surface area contributed by atoms with Crippen LogP contribution >= 0.6 is 0 Å². The van der Waals surface area contributed by atoms with E-state index in [0.29, 0.717) is 28.5 Å². The van der Waals surface area contributed by atoms with Gasteiger partial charge >= 0.3 is 0 Å². The van der Waals surface area contributed by atoms with Crippen LogP contribution in [0.25, 0.3) is 28.0 Å². The number of para-hydroxylation sites is 1. The maximum Gasteiger partial charge on any atom is 0.203 e. The van der Waals surface area contributed by atoms with Crippen molar-refractivity contribution < 1.29 is 23.8 Å². The average molecular weight is 403 g/mol. The summed E-state index contributed by atoms with van der Waals surface area (Å²) in [5.41, 5.74) is 3.60. The molecule has 6 heteroatoms. The number of fused-ring (bicyclic) bond motifs is 3. The Morgan fingerprint density at radius 3 is 2.23 bits per heavy atom. The Labute approximate surface area is 173 Å². The molecule has 1 N–H and O–H groups in total. The van der Waals surface area contributed by atoms with Gasteiger partial charge in [-0.05, 0) is 42.0 Å². The molecule has 0 radical (unpaired) electrons. The highest BCUT2D eigenvalue weighted by Crippen LogP contribution is 2.38. The lowest BCUT2D eigenvalue weighted by atomic mass is 10.1. The molecule has 152 valence electrons. The van der Waals surface area contributed by atoms with Gasteiger partial charge in [-0.1, -0.05) is 35.5 Å². The smallest absolute Gasteiger partial charge is 0.203 e. The molecule has 0 saturated heterocycles. The van der Waals surface area contributed by atoms with Crippen molar-refractivity contribution in [1.82, 2.24) is 0 Å². The highest BCUT2D eigenvalue weighted by atomic mass is 16.5. The van der Waals surface area contributed by atoms with E-state index in [9.17, 15) is 5.21 Å². The highest BCUT2D eigenvalue weighted by Gasteiger charge is 2.15. The summed E-state index contributed by atoms with van der Waals surface area (Å²) in [6.45, 7) is 0. The standard InChI is InChI=1S/C24H21NO5/c1-27-22-13-16(14-23(28-2)24(22)29-3)19(25-26)10-8-15-9-11-21-18(12-15)17-6-4-5-7-20(17)30-21/h4-14,26H,1-3H3/b10-8+,25-19+. The van der Waals surface area contributed by atoms with Crippen LogP contribution in [0.5, 0.6) is 17.2 Å². The molecule has 0 unspecified atom stereocenters. The van der Waals surface area contributed by atoms with Gasteiger partial charge in [-0.15, -0.1) is 0 Å². The number of methoxy groups -OCH3 is 3. The number of allylic oxidation sites excluding steroid dienone is 1. The SMILES string of the molecule is COc1cc(C(/C=C/c2ccc3oc4ccccc4c3c2)=N/O)cc(OC)c1OC. The normalized spacial score (nSPS) is 12.0. The minimum Gasteiger partial charge on any atom is -0.493 e. The second kappa shape index (κ2) is 8.21. The van der Waals surface area contributed by atoms with Crippen molar-refractivity contribution in [1.29, 1.82) is 0 Å². The van der Waals surface area contributed by atoms with Crippen LogP contribution in [0.2, 0.25) is 0 Å². The maximum atomic E-state index is 9.60. The van der Waals surface area contributed by atoms with Crippen LogP contribution in [-0.4, -0.2) is 32.2 Å². The molecule has 3 aromatic carbocycles. The van der Waals surface area contributed by atoms with E-state index >= 15 is 0 Å². The molecule has 0 aliphatic carbocycles. The molecule has 4 rings (SSSR count). The first-order valence-corrected chi connectivity index (χ1v) is 9.30. The van der Waals surface area contributed by atoms with Crippen molar-refractivity contribution in [3.8, 4) is 17.2 Å². The zero-order valence-corrected chi connectivity index (χ0v) is 16.9. The first-order valence-electron chi connectivity index (χ1n) is 9.30. The van der Waals surface area contributed by atoms with Crippen LogP contribution in [0.1, 0.15) is 11.1 Å². The van der Waals surface area contributed by atoms with Crippen LogP contribution in [0.4, 0.5) is 0 Å². The molecule has 1 heterocycles. The molecule has 4 aromatic rings. The first-order chi connectivity index (χ1) is 14.7. The molecule has 0 atom stereocenters. The second-order valence-electron chi connectivity index (χ2n) is 6.59. The fraction of sp³-hybridized carbons (Fsp3) is 0.125. The van der Waals surface area contributed by atoms with Gasteiger partial charge in [-0.3, -0.25) is 0 Å². The number of hydrogen-bond acceptors (Lipinski definition) is 6. The number of nitrogens with zero attached hydrogens (tertiary/aromatic N) is 1. The Bertz CT molecular complexity index is 1240. The van der Waals surface area contributed by atoms with Gasteiger partial charge in [0.1, 0.15) is 16.9 Å². The number of furan rings is 1. The van der Waals surface area contributed by atoms with Crippen molar-refractivity contribution in [2.45, 2.75) is 0 Å². The number of rotatable bonds is 6. The van der Waals surface area contributed by atoms with E-state index in [1.54, 1.807) is 18.2 Å². The zero-order chi connectivity index (χ0) is 21.1. The Morgan fingerprint density at radius 2 is 1.57 bits per heavy atom. The summed E-state index contributed by atoms with van der Waals surface area (Å²) in [6.07, 6.45) is 3.60. The summed E-state index contributed by atoms with van der Waals surface area (Å²) in [5, 5.41) is 15.1. The lowest BCUT2D eigenvalue weighted by molar-refractivity contribution is 0.319. The van der Waals surface area contributed by atoms with Gasteiger partial charge in [-0.2, -0.15) is 0 Å². The molecular weight excluding hydrogens is 382 g/mol. The largest absolute Gasteiger partial charge is 0.493 e. The van der Waals surface area contributed by atoms with Crippen molar-refractivity contribution in [3.05, 3.63) is 71.8 Å². The highest BCUT2D eigenvalue weighted by molar-refractivity contribution is 6.11. The minimum atomic E-state index is 0.353. The first kappa shape index (κ1) is 19.4. The Morgan fingerprint density at radius 1 is 0.867 bits per heavy atom. The molecule has 0 aliphatic rings. The Hall–Kier alpha value is -3.93. The van der Waals surface area contributed by atoms with Crippen molar-refractivity contribution >= 4 is 33.7 Å². The average Bonchev–Trinajstić information content (AvgIpc) is 3.16. The quantitative estimate of drug-likeness (QED) is 0.261. The summed E-state index contributed by atoms with van der Waals surface area (Å²) in [5.74, 6) is 1.43. The molecule has 0 spiro atoms. The minimum absolute atomic E-state index is 0.353. The zero-order valence-electron chi connectivity index (χ0n) is 16.9. The van der Waals surface area contributed by atoms with Gasteiger partial charge in [0.25, 0.3) is 0 Å². The van der Waals surface area contributed by atoms with Gasteiger partial charge in [0.2, 0.25) is 5.75 Å². The van der Waals surface area contributed by atoms with Gasteiger partial charge in [0.05, 0.1) is 21.3 Å². The van der Waals surface area contributed by atoms with Crippen molar-refractivity contribution in [2.24, 2.45) is 5.16 Å². The third kappa shape index (κ3) is 3.43. The second-order valence-corrected chi connectivity index (χ2v) is 6.59. The van der Waals surface area contributed by atoms with E-state index in [1.165, 1.54) is 21.3 Å². The molecule has 0 bridgehead atoms. The molecule has 0 aliphatic heterocycles. The topological polar surface area (TPSA) is 73.4 Å². The third-order valence-electron chi connectivity index (χ3n) is 4.90. The van der Waals surface area contributed by atoms with Crippen molar-refractivity contribution in [3.63, 3.8) is 0 Å². The number of benzene rings is 3. The summed E-state index contributed by atoms with van der Waals surface area (Å²) in [7, 11) is 4.62. The summed E-state index contributed by atoms with van der Waals surface area (Å²) >= 11 is 0. The van der Waals surface area contributed by atoms with Gasteiger partial charge in [-0.25, -0.2) is 0 Å². The predicted molar refractivity (Wildman–Crippen MR) is 117 cm³/mol. The molecule has 0 saturated carbocycles. The van der Waals surface area contributed by atoms with E-state index < -0.39 is 0 Å². The van der Waals surface area contributed by atoms with E-state index in [1.807, 2.05) is 48.5 Å². The van der Waals surface area contributed by atoms with Crippen LogP contribution < -0.4 is 14.2 Å². The van der Waals surface area contributed by atoms with Gasteiger partial charge < -0.3 is 23.8 Å². The summed E-state index contributed by atoms with van der Waals surface area (Å²) in [6, 6.07) is 17.3. The van der Waals surface area contributed by atoms with Gasteiger partial charge in [0, 0.05) is 16.3 Å². The van der Waals surface area contributed by atoms with Gasteiger partial charge in [0.15, 0.2) is 11.5 Å². The monoisotopic (exact) mass is 403 g/mol. The Kier molecular flexibility index (Phi) is 5.30. The number of oxime groups is 1. The molecule has 1 aromatic heterocycles. The van der Waals surface area contributed by atoms with Crippen LogP contribution in [0.15, 0.2) is 70.2 Å². The number of ether oxygens (including phenoxy) is 3. The predicted octanol–water partition coefficient (Wildman–Crippen LogP) is 5.50. The fourth-order valence-corrected chi connectivity index (χ4v) is 3.44. The van der Waals surface area contributed by atoms with Crippen LogP contribution in [0, 0.1) is 0 Å². The molecule has 0 fully saturated rings. The lowest BCUT2D eigenvalue weighted by Gasteiger charge is -2.13. The van der Waals surface area contributed by atoms with E-state index in [4.69, 9.17) is 18.6 Å². The number of hydrogen-bond donors (Lipinski definition) is 1. The molecule has 30 heavy (non-hydrogen) atoms. The van der Waals surface area contributed by atoms with Crippen molar-refractivity contribution in [2.75, 3.05) is 21.3 Å². The lowest BCUT2D eigenvalue weighted by Crippen LogP contribution is -2.01. The van der Waals surface area contributed by atoms with Crippen LogP contribution in [-0.2, 0) is 0 Å². The summed E-state index contributed by atoms with van der Waals surface area (Å²) in [4.78, 5) is 0. The fourth-order valence-electron chi connectivity index (χ4n) is 3.44. The van der Waals surface area contributed by atoms with E-state index in [-0.39, 0.29) is 0 Å². The maximum absolute atomic E-state index is 9.60. The van der Waals surface area contributed by atoms with Crippen LogP contribution in [0.3, 0.4) is 0 Å². The molecule has 0 amide bonds. The van der Waals surface area contributed by atoms with E-state index in [2.05, 4.69) is 5.16 Å². The Balaban J connectivity index is 1.71. The van der Waals surface area contributed by atoms with E-state index in [0.717, 1.165) is 27.5 Å². The summed E-state index contributed by atoms with van der Waals surface area (Å²) < 4.78 is 22.0. The molecular formula is C24H21NO5. The molecule has 6 nitrogen and oxygen atoms in total.